The predicted octanol–water partition coefficient (Wildman–Crippen LogP) is 2.15. The highest BCUT2D eigenvalue weighted by atomic mass is 16.3. The molecule has 1 unspecified atom stereocenters. The Morgan fingerprint density at radius 2 is 1.88 bits per heavy atom. The Morgan fingerprint density at radius 3 is 2.35 bits per heavy atom. The summed E-state index contributed by atoms with van der Waals surface area (Å²) in [5.74, 6) is -0.0511. The van der Waals surface area contributed by atoms with Crippen molar-refractivity contribution in [3.63, 3.8) is 0 Å². The van der Waals surface area contributed by atoms with Crippen molar-refractivity contribution in [3.05, 3.63) is 35.9 Å². The smallest absolute Gasteiger partial charge is 0.225 e. The molecule has 0 spiro atoms. The molecule has 1 amide bonds. The maximum atomic E-state index is 11.8. The van der Waals surface area contributed by atoms with Gasteiger partial charge in [0.2, 0.25) is 5.91 Å². The van der Waals surface area contributed by atoms with Gasteiger partial charge in [-0.2, -0.15) is 0 Å². The number of benzene rings is 1. The lowest BCUT2D eigenvalue weighted by Gasteiger charge is -2.29. The van der Waals surface area contributed by atoms with E-state index in [1.54, 1.807) is 14.1 Å². The van der Waals surface area contributed by atoms with E-state index in [-0.39, 0.29) is 12.3 Å². The molecule has 0 saturated carbocycles. The summed E-state index contributed by atoms with van der Waals surface area (Å²) in [6.45, 7) is 2.01. The fourth-order valence-electron chi connectivity index (χ4n) is 1.91. The van der Waals surface area contributed by atoms with Crippen molar-refractivity contribution in [2.75, 3.05) is 14.1 Å². The molecule has 94 valence electrons. The van der Waals surface area contributed by atoms with Crippen molar-refractivity contribution in [1.82, 2.24) is 4.90 Å². The van der Waals surface area contributed by atoms with E-state index < -0.39 is 5.60 Å². The van der Waals surface area contributed by atoms with Crippen molar-refractivity contribution >= 4 is 5.91 Å². The molecule has 0 heterocycles. The fourth-order valence-corrected chi connectivity index (χ4v) is 1.91. The first-order valence-corrected chi connectivity index (χ1v) is 5.97. The minimum atomic E-state index is -1.04. The molecule has 0 fully saturated rings. The first kappa shape index (κ1) is 13.7. The highest BCUT2D eigenvalue weighted by molar-refractivity contribution is 5.76. The van der Waals surface area contributed by atoms with Crippen LogP contribution in [0.4, 0.5) is 0 Å². The van der Waals surface area contributed by atoms with E-state index in [1.807, 2.05) is 37.3 Å². The number of hydrogen-bond donors (Lipinski definition) is 1. The van der Waals surface area contributed by atoms with Crippen LogP contribution in [0.2, 0.25) is 0 Å². The van der Waals surface area contributed by atoms with Crippen LogP contribution in [0.15, 0.2) is 30.3 Å². The minimum Gasteiger partial charge on any atom is -0.385 e. The quantitative estimate of drug-likeness (QED) is 0.849. The summed E-state index contributed by atoms with van der Waals surface area (Å²) in [7, 11) is 3.42. The topological polar surface area (TPSA) is 40.5 Å². The van der Waals surface area contributed by atoms with Gasteiger partial charge in [0.05, 0.1) is 12.0 Å². The zero-order chi connectivity index (χ0) is 12.9. The summed E-state index contributed by atoms with van der Waals surface area (Å²) in [6, 6.07) is 9.42. The van der Waals surface area contributed by atoms with E-state index in [0.717, 1.165) is 12.0 Å². The van der Waals surface area contributed by atoms with Crippen LogP contribution in [0.25, 0.3) is 0 Å². The van der Waals surface area contributed by atoms with E-state index in [0.29, 0.717) is 6.42 Å². The van der Waals surface area contributed by atoms with Crippen LogP contribution in [0, 0.1) is 0 Å². The Labute approximate surface area is 103 Å². The number of nitrogens with zero attached hydrogens (tertiary/aromatic N) is 1. The lowest BCUT2D eigenvalue weighted by atomic mass is 9.86. The van der Waals surface area contributed by atoms with Gasteiger partial charge in [-0.1, -0.05) is 43.7 Å². The molecular formula is C14H21NO2. The van der Waals surface area contributed by atoms with Crippen LogP contribution in [0.3, 0.4) is 0 Å². The lowest BCUT2D eigenvalue weighted by Crippen LogP contribution is -2.34. The zero-order valence-electron chi connectivity index (χ0n) is 10.8. The van der Waals surface area contributed by atoms with Gasteiger partial charge in [0, 0.05) is 14.1 Å². The zero-order valence-corrected chi connectivity index (χ0v) is 10.8. The molecule has 3 nitrogen and oxygen atoms in total. The highest BCUT2D eigenvalue weighted by Gasteiger charge is 2.31. The molecule has 1 rings (SSSR count). The lowest BCUT2D eigenvalue weighted by molar-refractivity contribution is -0.134. The molecule has 1 atom stereocenters. The first-order chi connectivity index (χ1) is 7.99. The van der Waals surface area contributed by atoms with Gasteiger partial charge < -0.3 is 10.0 Å². The van der Waals surface area contributed by atoms with E-state index in [9.17, 15) is 9.90 Å². The van der Waals surface area contributed by atoms with Crippen LogP contribution < -0.4 is 0 Å². The largest absolute Gasteiger partial charge is 0.385 e. The molecule has 0 aliphatic carbocycles. The molecule has 1 N–H and O–H groups in total. The summed E-state index contributed by atoms with van der Waals surface area (Å²) in [5.41, 5.74) is -0.228. The van der Waals surface area contributed by atoms with Crippen molar-refractivity contribution in [3.8, 4) is 0 Å². The van der Waals surface area contributed by atoms with Gasteiger partial charge in [0.1, 0.15) is 0 Å². The number of rotatable bonds is 5. The number of amides is 1. The van der Waals surface area contributed by atoms with Gasteiger partial charge in [-0.05, 0) is 12.0 Å². The molecule has 0 aliphatic rings. The Bertz CT molecular complexity index is 362. The standard InChI is InChI=1S/C14H21NO2/c1-4-10-14(17,11-13(16)15(2)3)12-8-6-5-7-9-12/h5-9,17H,4,10-11H2,1-3H3. The second kappa shape index (κ2) is 5.82. The van der Waals surface area contributed by atoms with Gasteiger partial charge in [-0.3, -0.25) is 4.79 Å². The van der Waals surface area contributed by atoms with Crippen molar-refractivity contribution in [1.29, 1.82) is 0 Å². The summed E-state index contributed by atoms with van der Waals surface area (Å²) in [4.78, 5) is 13.3. The monoisotopic (exact) mass is 235 g/mol. The first-order valence-electron chi connectivity index (χ1n) is 5.97. The van der Waals surface area contributed by atoms with Crippen molar-refractivity contribution < 1.29 is 9.90 Å². The molecule has 17 heavy (non-hydrogen) atoms. The summed E-state index contributed by atoms with van der Waals surface area (Å²) < 4.78 is 0. The number of carbonyl (C=O) groups is 1. The molecule has 0 radical (unpaired) electrons. The van der Waals surface area contributed by atoms with Crippen LogP contribution in [-0.4, -0.2) is 30.0 Å². The van der Waals surface area contributed by atoms with E-state index in [1.165, 1.54) is 4.90 Å². The van der Waals surface area contributed by atoms with Gasteiger partial charge >= 0.3 is 0 Å². The maximum absolute atomic E-state index is 11.8. The van der Waals surface area contributed by atoms with Crippen LogP contribution in [0.5, 0.6) is 0 Å². The van der Waals surface area contributed by atoms with Gasteiger partial charge in [0.25, 0.3) is 0 Å². The molecule has 0 saturated heterocycles. The maximum Gasteiger partial charge on any atom is 0.225 e. The Morgan fingerprint density at radius 1 is 1.29 bits per heavy atom. The fraction of sp³-hybridized carbons (Fsp3) is 0.500. The van der Waals surface area contributed by atoms with Gasteiger partial charge in [-0.25, -0.2) is 0 Å². The molecule has 1 aromatic rings. The highest BCUT2D eigenvalue weighted by Crippen LogP contribution is 2.30. The Balaban J connectivity index is 2.93. The van der Waals surface area contributed by atoms with Gasteiger partial charge in [-0.15, -0.1) is 0 Å². The molecule has 0 aromatic heterocycles. The summed E-state index contributed by atoms with van der Waals surface area (Å²) >= 11 is 0. The van der Waals surface area contributed by atoms with E-state index >= 15 is 0 Å². The summed E-state index contributed by atoms with van der Waals surface area (Å²) in [6.07, 6.45) is 1.57. The minimum absolute atomic E-state index is 0.0511. The van der Waals surface area contributed by atoms with Crippen molar-refractivity contribution in [2.45, 2.75) is 31.8 Å². The predicted molar refractivity (Wildman–Crippen MR) is 68.6 cm³/mol. The Kier molecular flexibility index (Phi) is 4.70. The van der Waals surface area contributed by atoms with Crippen molar-refractivity contribution in [2.24, 2.45) is 0 Å². The average Bonchev–Trinajstić information content (AvgIpc) is 2.30. The second-order valence-corrected chi connectivity index (χ2v) is 4.61. The normalized spacial score (nSPS) is 14.1. The van der Waals surface area contributed by atoms with E-state index in [2.05, 4.69) is 0 Å². The third kappa shape index (κ3) is 3.56. The third-order valence-electron chi connectivity index (χ3n) is 2.92. The molecular weight excluding hydrogens is 214 g/mol. The van der Waals surface area contributed by atoms with E-state index in [4.69, 9.17) is 0 Å². The molecule has 0 aliphatic heterocycles. The molecule has 3 heteroatoms. The van der Waals surface area contributed by atoms with Crippen LogP contribution >= 0.6 is 0 Å². The van der Waals surface area contributed by atoms with Crippen LogP contribution in [-0.2, 0) is 10.4 Å². The number of carbonyl (C=O) groups excluding carboxylic acids is 1. The van der Waals surface area contributed by atoms with Gasteiger partial charge in [0.15, 0.2) is 0 Å². The molecule has 1 aromatic carbocycles. The SMILES string of the molecule is CCCC(O)(CC(=O)N(C)C)c1ccccc1. The Hall–Kier alpha value is -1.35. The average molecular weight is 235 g/mol. The number of aliphatic hydroxyl groups is 1. The molecule has 0 bridgehead atoms. The van der Waals surface area contributed by atoms with Crippen LogP contribution in [0.1, 0.15) is 31.7 Å². The third-order valence-corrected chi connectivity index (χ3v) is 2.92. The second-order valence-electron chi connectivity index (χ2n) is 4.61. The summed E-state index contributed by atoms with van der Waals surface area (Å²) in [5, 5.41) is 10.7. The number of hydrogen-bond acceptors (Lipinski definition) is 2.